The average molecular weight is 232 g/mol. The van der Waals surface area contributed by atoms with Crippen LogP contribution in [0.2, 0.25) is 0 Å². The summed E-state index contributed by atoms with van der Waals surface area (Å²) >= 11 is 0. The lowest BCUT2D eigenvalue weighted by Gasteiger charge is -2.10. The monoisotopic (exact) mass is 232 g/mol. The Bertz CT molecular complexity index is 494. The van der Waals surface area contributed by atoms with Gasteiger partial charge in [0.25, 0.3) is 0 Å². The standard InChI is InChI=1S/C11H12N4O2/c12-15-13-4-3-10(16)7-1-2-9-8(5-7)6-11(17)14-9/h1-2,5,10,16H,3-4,6H2,(H,14,17). The summed E-state index contributed by atoms with van der Waals surface area (Å²) in [4.78, 5) is 13.8. The van der Waals surface area contributed by atoms with Gasteiger partial charge in [-0.25, -0.2) is 0 Å². The van der Waals surface area contributed by atoms with Crippen molar-refractivity contribution in [3.05, 3.63) is 39.8 Å². The summed E-state index contributed by atoms with van der Waals surface area (Å²) in [6, 6.07) is 5.37. The second-order valence-electron chi connectivity index (χ2n) is 3.90. The molecule has 1 unspecified atom stereocenters. The van der Waals surface area contributed by atoms with Crippen LogP contribution >= 0.6 is 0 Å². The topological polar surface area (TPSA) is 98.1 Å². The Balaban J connectivity index is 2.09. The van der Waals surface area contributed by atoms with Crippen molar-refractivity contribution in [1.82, 2.24) is 0 Å². The van der Waals surface area contributed by atoms with Crippen LogP contribution in [0.4, 0.5) is 5.69 Å². The number of benzene rings is 1. The molecule has 0 radical (unpaired) electrons. The molecule has 1 amide bonds. The number of nitrogens with one attached hydrogen (secondary N) is 1. The van der Waals surface area contributed by atoms with E-state index in [4.69, 9.17) is 5.53 Å². The van der Waals surface area contributed by atoms with E-state index >= 15 is 0 Å². The number of hydrogen-bond donors (Lipinski definition) is 2. The van der Waals surface area contributed by atoms with Crippen LogP contribution in [0.3, 0.4) is 0 Å². The van der Waals surface area contributed by atoms with Crippen LogP contribution in [0, 0.1) is 0 Å². The number of rotatable bonds is 4. The van der Waals surface area contributed by atoms with Crippen molar-refractivity contribution in [3.8, 4) is 0 Å². The number of anilines is 1. The van der Waals surface area contributed by atoms with Crippen LogP contribution in [-0.4, -0.2) is 17.6 Å². The summed E-state index contributed by atoms with van der Waals surface area (Å²) in [5.41, 5.74) is 10.6. The fraction of sp³-hybridized carbons (Fsp3) is 0.364. The maximum absolute atomic E-state index is 11.2. The molecule has 0 saturated heterocycles. The van der Waals surface area contributed by atoms with Gasteiger partial charge in [-0.3, -0.25) is 4.79 Å². The van der Waals surface area contributed by atoms with Gasteiger partial charge in [0.1, 0.15) is 0 Å². The molecule has 0 spiro atoms. The number of aliphatic hydroxyl groups excluding tert-OH is 1. The van der Waals surface area contributed by atoms with Gasteiger partial charge >= 0.3 is 0 Å². The number of amides is 1. The molecule has 0 bridgehead atoms. The molecule has 88 valence electrons. The van der Waals surface area contributed by atoms with Crippen LogP contribution < -0.4 is 5.32 Å². The van der Waals surface area contributed by atoms with Crippen molar-refractivity contribution in [2.24, 2.45) is 5.11 Å². The number of fused-ring (bicyclic) bond motifs is 1. The van der Waals surface area contributed by atoms with Gasteiger partial charge in [-0.05, 0) is 29.1 Å². The molecule has 6 heteroatoms. The zero-order chi connectivity index (χ0) is 12.3. The normalized spacial score (nSPS) is 14.8. The van der Waals surface area contributed by atoms with Gasteiger partial charge < -0.3 is 10.4 Å². The number of nitrogens with zero attached hydrogens (tertiary/aromatic N) is 3. The predicted molar refractivity (Wildman–Crippen MR) is 62.4 cm³/mol. The van der Waals surface area contributed by atoms with Crippen molar-refractivity contribution in [1.29, 1.82) is 0 Å². The van der Waals surface area contributed by atoms with Crippen LogP contribution in [-0.2, 0) is 11.2 Å². The lowest BCUT2D eigenvalue weighted by Crippen LogP contribution is -2.03. The third kappa shape index (κ3) is 2.55. The Hall–Kier alpha value is -2.04. The quantitative estimate of drug-likeness (QED) is 0.471. The molecular formula is C11H12N4O2. The van der Waals surface area contributed by atoms with Crippen LogP contribution in [0.15, 0.2) is 23.3 Å². The molecule has 1 heterocycles. The maximum atomic E-state index is 11.2. The first-order chi connectivity index (χ1) is 8.20. The van der Waals surface area contributed by atoms with Crippen molar-refractivity contribution in [3.63, 3.8) is 0 Å². The Kier molecular flexibility index (Phi) is 3.27. The fourth-order valence-corrected chi connectivity index (χ4v) is 1.85. The molecule has 2 rings (SSSR count). The summed E-state index contributed by atoms with van der Waals surface area (Å²) < 4.78 is 0. The first-order valence-corrected chi connectivity index (χ1v) is 5.32. The van der Waals surface area contributed by atoms with Crippen molar-refractivity contribution in [2.45, 2.75) is 18.9 Å². The lowest BCUT2D eigenvalue weighted by molar-refractivity contribution is -0.115. The summed E-state index contributed by atoms with van der Waals surface area (Å²) in [6.07, 6.45) is 0.0673. The Labute approximate surface area is 97.9 Å². The molecule has 1 aromatic carbocycles. The molecule has 0 saturated carbocycles. The van der Waals surface area contributed by atoms with Crippen LogP contribution in [0.1, 0.15) is 23.7 Å². The highest BCUT2D eigenvalue weighted by molar-refractivity contribution is 5.99. The third-order valence-electron chi connectivity index (χ3n) is 2.70. The molecule has 0 aromatic heterocycles. The van der Waals surface area contributed by atoms with Gasteiger partial charge in [-0.1, -0.05) is 17.2 Å². The number of carbonyl (C=O) groups is 1. The minimum absolute atomic E-state index is 0.0271. The van der Waals surface area contributed by atoms with Crippen molar-refractivity contribution < 1.29 is 9.90 Å². The van der Waals surface area contributed by atoms with E-state index in [9.17, 15) is 9.90 Å². The van der Waals surface area contributed by atoms with Gasteiger partial charge in [-0.15, -0.1) is 0 Å². The number of aliphatic hydroxyl groups is 1. The van der Waals surface area contributed by atoms with E-state index in [1.54, 1.807) is 12.1 Å². The highest BCUT2D eigenvalue weighted by atomic mass is 16.3. The van der Waals surface area contributed by atoms with Crippen molar-refractivity contribution in [2.75, 3.05) is 11.9 Å². The van der Waals surface area contributed by atoms with E-state index in [0.29, 0.717) is 12.8 Å². The van der Waals surface area contributed by atoms with Crippen molar-refractivity contribution >= 4 is 11.6 Å². The first-order valence-electron chi connectivity index (χ1n) is 5.32. The largest absolute Gasteiger partial charge is 0.388 e. The van der Waals surface area contributed by atoms with Gasteiger partial charge in [0, 0.05) is 17.1 Å². The number of carbonyl (C=O) groups excluding carboxylic acids is 1. The molecular weight excluding hydrogens is 220 g/mol. The van der Waals surface area contributed by atoms with Gasteiger partial charge in [0.05, 0.1) is 12.5 Å². The SMILES string of the molecule is [N-]=[N+]=NCCC(O)c1ccc2c(c1)CC(=O)N2. The Morgan fingerprint density at radius 3 is 3.18 bits per heavy atom. The van der Waals surface area contributed by atoms with E-state index in [2.05, 4.69) is 15.3 Å². The molecule has 6 nitrogen and oxygen atoms in total. The third-order valence-corrected chi connectivity index (χ3v) is 2.70. The molecule has 17 heavy (non-hydrogen) atoms. The highest BCUT2D eigenvalue weighted by Crippen LogP contribution is 2.27. The van der Waals surface area contributed by atoms with E-state index in [1.807, 2.05) is 6.07 Å². The summed E-state index contributed by atoms with van der Waals surface area (Å²) in [5, 5.41) is 16.0. The second kappa shape index (κ2) is 4.86. The van der Waals surface area contributed by atoms with Gasteiger partial charge in [0.2, 0.25) is 5.91 Å². The molecule has 1 aromatic rings. The fourth-order valence-electron chi connectivity index (χ4n) is 1.85. The minimum atomic E-state index is -0.665. The zero-order valence-corrected chi connectivity index (χ0v) is 9.13. The number of azide groups is 1. The summed E-state index contributed by atoms with van der Waals surface area (Å²) in [6.45, 7) is 0.256. The van der Waals surface area contributed by atoms with E-state index in [-0.39, 0.29) is 12.5 Å². The zero-order valence-electron chi connectivity index (χ0n) is 9.13. The predicted octanol–water partition coefficient (Wildman–Crippen LogP) is 1.91. The second-order valence-corrected chi connectivity index (χ2v) is 3.90. The Morgan fingerprint density at radius 2 is 2.41 bits per heavy atom. The smallest absolute Gasteiger partial charge is 0.228 e. The highest BCUT2D eigenvalue weighted by Gasteiger charge is 2.18. The molecule has 1 atom stereocenters. The summed E-state index contributed by atoms with van der Waals surface area (Å²) in [5.74, 6) is -0.0271. The van der Waals surface area contributed by atoms with Gasteiger partial charge in [0.15, 0.2) is 0 Å². The molecule has 0 aliphatic carbocycles. The lowest BCUT2D eigenvalue weighted by atomic mass is 10.0. The average Bonchev–Trinajstić information content (AvgIpc) is 2.68. The van der Waals surface area contributed by atoms with Crippen LogP contribution in [0.25, 0.3) is 10.4 Å². The van der Waals surface area contributed by atoms with E-state index in [1.165, 1.54) is 0 Å². The van der Waals surface area contributed by atoms with E-state index in [0.717, 1.165) is 16.8 Å². The van der Waals surface area contributed by atoms with E-state index < -0.39 is 6.10 Å². The Morgan fingerprint density at radius 1 is 1.59 bits per heavy atom. The minimum Gasteiger partial charge on any atom is -0.388 e. The maximum Gasteiger partial charge on any atom is 0.228 e. The molecule has 1 aliphatic heterocycles. The van der Waals surface area contributed by atoms with Crippen LogP contribution in [0.5, 0.6) is 0 Å². The van der Waals surface area contributed by atoms with Gasteiger partial charge in [-0.2, -0.15) is 0 Å². The summed E-state index contributed by atoms with van der Waals surface area (Å²) in [7, 11) is 0. The first kappa shape index (κ1) is 11.4. The molecule has 1 aliphatic rings. The molecule has 0 fully saturated rings. The number of hydrogen-bond acceptors (Lipinski definition) is 3. The molecule has 2 N–H and O–H groups in total.